The Morgan fingerprint density at radius 1 is 1.45 bits per heavy atom. The molecule has 6 nitrogen and oxygen atoms in total. The molecule has 0 aromatic heterocycles. The molecule has 0 aromatic rings. The van der Waals surface area contributed by atoms with Crippen LogP contribution >= 0.6 is 0 Å². The minimum Gasteiger partial charge on any atom is -0.480 e. The standard InChI is InChI=1S/C14H26N2O4/c1-4-16(9-11-6-5-7-20-11)14(19)15-12(13(17)18)8-10(2)3/h10-12H,4-9H2,1-3H3,(H,15,19)(H,17,18)/t11?,12-/m1/s1. The van der Waals surface area contributed by atoms with E-state index in [0.29, 0.717) is 19.5 Å². The molecule has 1 unspecified atom stereocenters. The summed E-state index contributed by atoms with van der Waals surface area (Å²) in [6.45, 7) is 7.57. The smallest absolute Gasteiger partial charge is 0.326 e. The van der Waals surface area contributed by atoms with E-state index in [4.69, 9.17) is 9.84 Å². The van der Waals surface area contributed by atoms with Crippen LogP contribution < -0.4 is 5.32 Å². The summed E-state index contributed by atoms with van der Waals surface area (Å²) in [7, 11) is 0. The average molecular weight is 286 g/mol. The quantitative estimate of drug-likeness (QED) is 0.746. The summed E-state index contributed by atoms with van der Waals surface area (Å²) in [6.07, 6.45) is 2.49. The second-order valence-corrected chi connectivity index (χ2v) is 5.64. The van der Waals surface area contributed by atoms with Gasteiger partial charge in [-0.3, -0.25) is 0 Å². The van der Waals surface area contributed by atoms with Crippen LogP contribution in [-0.4, -0.2) is 53.8 Å². The van der Waals surface area contributed by atoms with E-state index in [1.54, 1.807) is 4.90 Å². The molecular formula is C14H26N2O4. The zero-order valence-electron chi connectivity index (χ0n) is 12.6. The highest BCUT2D eigenvalue weighted by atomic mass is 16.5. The SMILES string of the molecule is CCN(CC1CCCO1)C(=O)N[C@H](CC(C)C)C(=O)O. The fraction of sp³-hybridized carbons (Fsp3) is 0.857. The summed E-state index contributed by atoms with van der Waals surface area (Å²) >= 11 is 0. The van der Waals surface area contributed by atoms with Crippen molar-refractivity contribution in [2.45, 2.75) is 52.2 Å². The molecule has 0 radical (unpaired) electrons. The number of ether oxygens (including phenoxy) is 1. The van der Waals surface area contributed by atoms with E-state index < -0.39 is 12.0 Å². The Balaban J connectivity index is 2.53. The molecule has 2 atom stereocenters. The van der Waals surface area contributed by atoms with Crippen molar-refractivity contribution in [2.24, 2.45) is 5.92 Å². The van der Waals surface area contributed by atoms with Gasteiger partial charge in [0.25, 0.3) is 0 Å². The van der Waals surface area contributed by atoms with E-state index in [9.17, 15) is 9.59 Å². The Morgan fingerprint density at radius 2 is 2.15 bits per heavy atom. The van der Waals surface area contributed by atoms with Crippen molar-refractivity contribution in [3.05, 3.63) is 0 Å². The summed E-state index contributed by atoms with van der Waals surface area (Å²) in [5, 5.41) is 11.8. The maximum atomic E-state index is 12.2. The first-order chi connectivity index (χ1) is 9.43. The molecule has 0 aromatic carbocycles. The summed E-state index contributed by atoms with van der Waals surface area (Å²) in [4.78, 5) is 24.9. The lowest BCUT2D eigenvalue weighted by molar-refractivity contribution is -0.139. The van der Waals surface area contributed by atoms with Gasteiger partial charge in [-0.15, -0.1) is 0 Å². The molecule has 1 aliphatic rings. The van der Waals surface area contributed by atoms with Gasteiger partial charge in [0.2, 0.25) is 0 Å². The number of carbonyl (C=O) groups is 2. The summed E-state index contributed by atoms with van der Waals surface area (Å²) in [6, 6.07) is -1.16. The Hall–Kier alpha value is -1.30. The molecule has 1 fully saturated rings. The van der Waals surface area contributed by atoms with Crippen molar-refractivity contribution in [2.75, 3.05) is 19.7 Å². The first kappa shape index (κ1) is 16.8. The summed E-state index contributed by atoms with van der Waals surface area (Å²) < 4.78 is 5.51. The van der Waals surface area contributed by atoms with E-state index in [1.807, 2.05) is 20.8 Å². The number of amides is 2. The minimum absolute atomic E-state index is 0.0778. The van der Waals surface area contributed by atoms with Gasteiger partial charge in [-0.2, -0.15) is 0 Å². The molecule has 1 saturated heterocycles. The number of hydrogen-bond acceptors (Lipinski definition) is 3. The van der Waals surface area contributed by atoms with Crippen LogP contribution in [-0.2, 0) is 9.53 Å². The van der Waals surface area contributed by atoms with Gasteiger partial charge in [0.1, 0.15) is 6.04 Å². The van der Waals surface area contributed by atoms with E-state index in [2.05, 4.69) is 5.32 Å². The van der Waals surface area contributed by atoms with Gasteiger partial charge >= 0.3 is 12.0 Å². The van der Waals surface area contributed by atoms with Gasteiger partial charge in [-0.25, -0.2) is 9.59 Å². The lowest BCUT2D eigenvalue weighted by Crippen LogP contribution is -2.50. The van der Waals surface area contributed by atoms with Crippen LogP contribution in [0.3, 0.4) is 0 Å². The van der Waals surface area contributed by atoms with Crippen molar-refractivity contribution in [3.63, 3.8) is 0 Å². The fourth-order valence-electron chi connectivity index (χ4n) is 2.32. The predicted molar refractivity (Wildman–Crippen MR) is 75.6 cm³/mol. The third kappa shape index (κ3) is 5.36. The van der Waals surface area contributed by atoms with Crippen LogP contribution in [0.5, 0.6) is 0 Å². The largest absolute Gasteiger partial charge is 0.480 e. The molecule has 0 spiro atoms. The van der Waals surface area contributed by atoms with Crippen molar-refractivity contribution in [3.8, 4) is 0 Å². The molecular weight excluding hydrogens is 260 g/mol. The molecule has 0 saturated carbocycles. The molecule has 1 aliphatic heterocycles. The minimum atomic E-state index is -0.986. The van der Waals surface area contributed by atoms with Crippen molar-refractivity contribution in [1.82, 2.24) is 10.2 Å². The molecule has 20 heavy (non-hydrogen) atoms. The Kier molecular flexibility index (Phi) is 6.78. The number of hydrogen-bond donors (Lipinski definition) is 2. The number of carboxylic acid groups (broad SMARTS) is 1. The normalized spacial score (nSPS) is 19.9. The highest BCUT2D eigenvalue weighted by Gasteiger charge is 2.26. The summed E-state index contributed by atoms with van der Waals surface area (Å²) in [5.41, 5.74) is 0. The molecule has 116 valence electrons. The number of nitrogens with one attached hydrogen (secondary N) is 1. The van der Waals surface area contributed by atoms with Gasteiger partial charge in [0, 0.05) is 19.7 Å². The fourth-order valence-corrected chi connectivity index (χ4v) is 2.32. The number of carboxylic acids is 1. The van der Waals surface area contributed by atoms with Crippen molar-refractivity contribution in [1.29, 1.82) is 0 Å². The van der Waals surface area contributed by atoms with Crippen LogP contribution in [0.25, 0.3) is 0 Å². The Labute approximate surface area is 120 Å². The first-order valence-electron chi connectivity index (χ1n) is 7.33. The van der Waals surface area contributed by atoms with Gasteiger partial charge < -0.3 is 20.1 Å². The Bertz CT molecular complexity index is 327. The van der Waals surface area contributed by atoms with E-state index in [0.717, 1.165) is 19.4 Å². The number of rotatable bonds is 7. The summed E-state index contributed by atoms with van der Waals surface area (Å²) in [5.74, 6) is -0.773. The molecule has 0 bridgehead atoms. The molecule has 6 heteroatoms. The zero-order chi connectivity index (χ0) is 15.1. The number of nitrogens with zero attached hydrogens (tertiary/aromatic N) is 1. The topological polar surface area (TPSA) is 78.9 Å². The lowest BCUT2D eigenvalue weighted by atomic mass is 10.0. The number of urea groups is 1. The van der Waals surface area contributed by atoms with Crippen LogP contribution in [0.1, 0.15) is 40.0 Å². The lowest BCUT2D eigenvalue weighted by Gasteiger charge is -2.26. The molecule has 2 N–H and O–H groups in total. The zero-order valence-corrected chi connectivity index (χ0v) is 12.6. The first-order valence-corrected chi connectivity index (χ1v) is 7.33. The number of likely N-dealkylation sites (N-methyl/N-ethyl adjacent to an activating group) is 1. The van der Waals surface area contributed by atoms with E-state index in [-0.39, 0.29) is 18.1 Å². The van der Waals surface area contributed by atoms with Gasteiger partial charge in [-0.1, -0.05) is 13.8 Å². The number of carbonyl (C=O) groups excluding carboxylic acids is 1. The second kappa shape index (κ2) is 8.09. The molecule has 1 rings (SSSR count). The van der Waals surface area contributed by atoms with Crippen LogP contribution in [0.4, 0.5) is 4.79 Å². The van der Waals surface area contributed by atoms with Crippen LogP contribution in [0.2, 0.25) is 0 Å². The second-order valence-electron chi connectivity index (χ2n) is 5.64. The van der Waals surface area contributed by atoms with Gasteiger partial charge in [-0.05, 0) is 32.1 Å². The highest BCUT2D eigenvalue weighted by Crippen LogP contribution is 2.13. The predicted octanol–water partition coefficient (Wildman–Crippen LogP) is 1.70. The third-order valence-corrected chi connectivity index (χ3v) is 3.42. The number of aliphatic carboxylic acids is 1. The maximum absolute atomic E-state index is 12.2. The molecule has 0 aliphatic carbocycles. The highest BCUT2D eigenvalue weighted by molar-refractivity contribution is 5.82. The van der Waals surface area contributed by atoms with Crippen molar-refractivity contribution < 1.29 is 19.4 Å². The maximum Gasteiger partial charge on any atom is 0.326 e. The van der Waals surface area contributed by atoms with E-state index >= 15 is 0 Å². The van der Waals surface area contributed by atoms with Crippen molar-refractivity contribution >= 4 is 12.0 Å². The average Bonchev–Trinajstić information content (AvgIpc) is 2.87. The van der Waals surface area contributed by atoms with Gasteiger partial charge in [0.15, 0.2) is 0 Å². The third-order valence-electron chi connectivity index (χ3n) is 3.42. The molecule has 1 heterocycles. The van der Waals surface area contributed by atoms with Gasteiger partial charge in [0.05, 0.1) is 6.10 Å². The Morgan fingerprint density at radius 3 is 2.60 bits per heavy atom. The van der Waals surface area contributed by atoms with Crippen LogP contribution in [0.15, 0.2) is 0 Å². The van der Waals surface area contributed by atoms with Crippen LogP contribution in [0, 0.1) is 5.92 Å². The van der Waals surface area contributed by atoms with E-state index in [1.165, 1.54) is 0 Å². The molecule has 2 amide bonds. The monoisotopic (exact) mass is 286 g/mol.